The zero-order chi connectivity index (χ0) is 21.3. The van der Waals surface area contributed by atoms with Crippen molar-refractivity contribution in [1.82, 2.24) is 19.5 Å². The van der Waals surface area contributed by atoms with Crippen molar-refractivity contribution in [3.63, 3.8) is 0 Å². The van der Waals surface area contributed by atoms with Crippen molar-refractivity contribution < 1.29 is 9.47 Å². The van der Waals surface area contributed by atoms with Crippen LogP contribution in [-0.4, -0.2) is 39.5 Å². The van der Waals surface area contributed by atoms with Crippen LogP contribution < -0.4 is 15.0 Å². The normalized spacial score (nSPS) is 17.6. The van der Waals surface area contributed by atoms with E-state index in [-0.39, 0.29) is 5.56 Å². The average molecular weight is 425 g/mol. The number of aromatic nitrogens is 4. The molecule has 0 aliphatic heterocycles. The molecule has 0 aromatic carbocycles. The molecule has 0 amide bonds. The Balaban J connectivity index is 1.54. The number of hydrogen-bond donors (Lipinski definition) is 0. The lowest BCUT2D eigenvalue weighted by atomic mass is 10.1. The molecule has 156 valence electrons. The number of rotatable bonds is 7. The molecule has 4 rings (SSSR count). The molecule has 7 nitrogen and oxygen atoms in total. The summed E-state index contributed by atoms with van der Waals surface area (Å²) in [6.45, 7) is 2.37. The first-order chi connectivity index (χ1) is 14.5. The summed E-state index contributed by atoms with van der Waals surface area (Å²) in [6, 6.07) is 5.86. The molecule has 8 heteroatoms. The van der Waals surface area contributed by atoms with Gasteiger partial charge in [-0.2, -0.15) is 4.98 Å². The SMILES string of the molecule is COc1ccc([C@H]2C[C@@H]2COc2nc(C)ncc2-c2ccn(C)c(=O)c2SC)nc1. The molecular formula is C22H24N4O3S. The fourth-order valence-corrected chi connectivity index (χ4v) is 4.19. The van der Waals surface area contributed by atoms with Crippen molar-refractivity contribution in [3.8, 4) is 22.8 Å². The molecule has 0 bridgehead atoms. The number of hydrogen-bond acceptors (Lipinski definition) is 7. The van der Waals surface area contributed by atoms with Crippen molar-refractivity contribution in [2.75, 3.05) is 20.0 Å². The van der Waals surface area contributed by atoms with Crippen LogP contribution in [0.3, 0.4) is 0 Å². The third kappa shape index (κ3) is 4.05. The molecule has 0 saturated heterocycles. The maximum Gasteiger partial charge on any atom is 0.264 e. The molecule has 30 heavy (non-hydrogen) atoms. The predicted molar refractivity (Wildman–Crippen MR) is 116 cm³/mol. The van der Waals surface area contributed by atoms with Gasteiger partial charge in [-0.3, -0.25) is 9.78 Å². The molecule has 0 spiro atoms. The molecule has 3 aromatic heterocycles. The van der Waals surface area contributed by atoms with E-state index < -0.39 is 0 Å². The van der Waals surface area contributed by atoms with Gasteiger partial charge in [-0.15, -0.1) is 11.8 Å². The number of pyridine rings is 2. The quantitative estimate of drug-likeness (QED) is 0.538. The van der Waals surface area contributed by atoms with E-state index in [9.17, 15) is 4.79 Å². The van der Waals surface area contributed by atoms with Gasteiger partial charge in [-0.1, -0.05) is 0 Å². The van der Waals surface area contributed by atoms with E-state index in [1.165, 1.54) is 11.8 Å². The monoisotopic (exact) mass is 424 g/mol. The summed E-state index contributed by atoms with van der Waals surface area (Å²) >= 11 is 1.42. The minimum absolute atomic E-state index is 0.0423. The third-order valence-electron chi connectivity index (χ3n) is 5.32. The Labute approximate surface area is 179 Å². The standard InChI is InChI=1S/C22H24N4O3S/c1-13-23-11-18(16-7-8-26(2)22(27)20(16)30-4)21(25-13)29-12-14-9-17(14)19-6-5-15(28-3)10-24-19/h5-8,10-11,14,17H,9,12H2,1-4H3/t14-,17+/m1/s1. The average Bonchev–Trinajstić information content (AvgIpc) is 3.54. The van der Waals surface area contributed by atoms with Gasteiger partial charge < -0.3 is 14.0 Å². The highest BCUT2D eigenvalue weighted by molar-refractivity contribution is 7.98. The summed E-state index contributed by atoms with van der Waals surface area (Å²) < 4.78 is 12.9. The topological polar surface area (TPSA) is 79.1 Å². The molecule has 1 aliphatic carbocycles. The lowest BCUT2D eigenvalue weighted by Gasteiger charge is -2.13. The van der Waals surface area contributed by atoms with Gasteiger partial charge in [0.2, 0.25) is 5.88 Å². The van der Waals surface area contributed by atoms with E-state index in [0.717, 1.165) is 29.0 Å². The summed E-state index contributed by atoms with van der Waals surface area (Å²) in [6.07, 6.45) is 8.17. The molecule has 1 saturated carbocycles. The van der Waals surface area contributed by atoms with Gasteiger partial charge in [0.05, 0.1) is 30.4 Å². The first kappa shape index (κ1) is 20.4. The highest BCUT2D eigenvalue weighted by atomic mass is 32.2. The number of aryl methyl sites for hydroxylation is 2. The molecular weight excluding hydrogens is 400 g/mol. The van der Waals surface area contributed by atoms with Gasteiger partial charge >= 0.3 is 0 Å². The lowest BCUT2D eigenvalue weighted by molar-refractivity contribution is 0.285. The van der Waals surface area contributed by atoms with Crippen molar-refractivity contribution >= 4 is 11.8 Å². The van der Waals surface area contributed by atoms with Crippen LogP contribution in [0.15, 0.2) is 46.5 Å². The molecule has 3 aromatic rings. The van der Waals surface area contributed by atoms with Crippen LogP contribution >= 0.6 is 11.8 Å². The minimum atomic E-state index is -0.0423. The summed E-state index contributed by atoms with van der Waals surface area (Å²) in [4.78, 5) is 26.5. The lowest BCUT2D eigenvalue weighted by Crippen LogP contribution is -2.18. The molecule has 0 unspecified atom stereocenters. The highest BCUT2D eigenvalue weighted by Crippen LogP contribution is 2.47. The maximum absolute atomic E-state index is 12.5. The zero-order valence-corrected chi connectivity index (χ0v) is 18.3. The molecule has 3 heterocycles. The predicted octanol–water partition coefficient (Wildman–Crippen LogP) is 3.46. The fraction of sp³-hybridized carbons (Fsp3) is 0.364. The van der Waals surface area contributed by atoms with E-state index in [2.05, 4.69) is 15.0 Å². The van der Waals surface area contributed by atoms with Crippen LogP contribution in [0.2, 0.25) is 0 Å². The van der Waals surface area contributed by atoms with Crippen molar-refractivity contribution in [3.05, 3.63) is 58.7 Å². The van der Waals surface area contributed by atoms with Gasteiger partial charge in [-0.25, -0.2) is 4.98 Å². The Morgan fingerprint density at radius 3 is 2.73 bits per heavy atom. The number of thioether (sulfide) groups is 1. The third-order valence-corrected chi connectivity index (χ3v) is 6.13. The Hall–Kier alpha value is -2.87. The van der Waals surface area contributed by atoms with Crippen LogP contribution in [0, 0.1) is 12.8 Å². The largest absolute Gasteiger partial charge is 0.495 e. The van der Waals surface area contributed by atoms with E-state index in [4.69, 9.17) is 9.47 Å². The van der Waals surface area contributed by atoms with E-state index in [1.54, 1.807) is 37.3 Å². The second-order valence-corrected chi connectivity index (χ2v) is 8.17. The minimum Gasteiger partial charge on any atom is -0.495 e. The van der Waals surface area contributed by atoms with Crippen LogP contribution in [-0.2, 0) is 7.05 Å². The van der Waals surface area contributed by atoms with E-state index in [0.29, 0.717) is 35.0 Å². The molecule has 2 atom stereocenters. The first-order valence-electron chi connectivity index (χ1n) is 9.72. The number of ether oxygens (including phenoxy) is 2. The summed E-state index contributed by atoms with van der Waals surface area (Å²) in [5, 5.41) is 0. The Morgan fingerprint density at radius 1 is 1.20 bits per heavy atom. The van der Waals surface area contributed by atoms with Gasteiger partial charge in [0, 0.05) is 42.5 Å². The molecule has 1 fully saturated rings. The van der Waals surface area contributed by atoms with E-state index >= 15 is 0 Å². The van der Waals surface area contributed by atoms with Crippen LogP contribution in [0.25, 0.3) is 11.1 Å². The molecule has 0 N–H and O–H groups in total. The summed E-state index contributed by atoms with van der Waals surface area (Å²) in [5.74, 6) is 2.67. The van der Waals surface area contributed by atoms with Gasteiger partial charge in [0.25, 0.3) is 5.56 Å². The zero-order valence-electron chi connectivity index (χ0n) is 17.5. The van der Waals surface area contributed by atoms with Crippen molar-refractivity contribution in [2.24, 2.45) is 13.0 Å². The van der Waals surface area contributed by atoms with Crippen molar-refractivity contribution in [1.29, 1.82) is 0 Å². The second-order valence-electron chi connectivity index (χ2n) is 7.35. The Bertz CT molecular complexity index is 1110. The summed E-state index contributed by atoms with van der Waals surface area (Å²) in [5.41, 5.74) is 2.55. The smallest absolute Gasteiger partial charge is 0.264 e. The number of methoxy groups -OCH3 is 1. The van der Waals surface area contributed by atoms with Crippen LogP contribution in [0.4, 0.5) is 0 Å². The first-order valence-corrected chi connectivity index (χ1v) is 10.9. The van der Waals surface area contributed by atoms with Gasteiger partial charge in [0.15, 0.2) is 0 Å². The molecule has 1 aliphatic rings. The number of nitrogens with zero attached hydrogens (tertiary/aromatic N) is 4. The second kappa shape index (κ2) is 8.47. The van der Waals surface area contributed by atoms with Crippen molar-refractivity contribution in [2.45, 2.75) is 24.2 Å². The Kier molecular flexibility index (Phi) is 5.76. The maximum atomic E-state index is 12.5. The van der Waals surface area contributed by atoms with Crippen LogP contribution in [0.5, 0.6) is 11.6 Å². The van der Waals surface area contributed by atoms with Gasteiger partial charge in [0.1, 0.15) is 11.6 Å². The van der Waals surface area contributed by atoms with E-state index in [1.807, 2.05) is 31.4 Å². The Morgan fingerprint density at radius 2 is 2.03 bits per heavy atom. The summed E-state index contributed by atoms with van der Waals surface area (Å²) in [7, 11) is 3.38. The van der Waals surface area contributed by atoms with Crippen LogP contribution in [0.1, 0.15) is 23.9 Å². The highest BCUT2D eigenvalue weighted by Gasteiger charge is 2.40. The molecule has 0 radical (unpaired) electrons. The fourth-order valence-electron chi connectivity index (χ4n) is 3.47. The van der Waals surface area contributed by atoms with Gasteiger partial charge in [-0.05, 0) is 37.8 Å².